The van der Waals surface area contributed by atoms with Crippen molar-refractivity contribution in [2.24, 2.45) is 4.99 Å². The first kappa shape index (κ1) is 21.7. The van der Waals surface area contributed by atoms with Crippen molar-refractivity contribution < 1.29 is 4.74 Å². The molecule has 0 amide bonds. The van der Waals surface area contributed by atoms with Crippen LogP contribution in [0.25, 0.3) is 10.9 Å². The SMILES string of the molecule is CN=C(NCCc1c[nH]c2ccc(Cl)cc12)N1CCC(N2CCOCC2)C1.I. The summed E-state index contributed by atoms with van der Waals surface area (Å²) in [5, 5.41) is 5.52. The lowest BCUT2D eigenvalue weighted by Crippen LogP contribution is -2.46. The van der Waals surface area contributed by atoms with Crippen LogP contribution in [0.2, 0.25) is 5.02 Å². The summed E-state index contributed by atoms with van der Waals surface area (Å²) in [6.07, 6.45) is 4.21. The average molecular weight is 518 g/mol. The summed E-state index contributed by atoms with van der Waals surface area (Å²) in [5.41, 5.74) is 2.41. The molecule has 1 aromatic heterocycles. The van der Waals surface area contributed by atoms with Crippen molar-refractivity contribution in [1.29, 1.82) is 0 Å². The molecule has 6 nitrogen and oxygen atoms in total. The predicted molar refractivity (Wildman–Crippen MR) is 126 cm³/mol. The fourth-order valence-electron chi connectivity index (χ4n) is 4.17. The zero-order chi connectivity index (χ0) is 18.6. The highest BCUT2D eigenvalue weighted by Gasteiger charge is 2.30. The number of guanidine groups is 1. The Kier molecular flexibility index (Phi) is 7.85. The van der Waals surface area contributed by atoms with E-state index in [2.05, 4.69) is 31.3 Å². The van der Waals surface area contributed by atoms with E-state index in [0.717, 1.165) is 68.9 Å². The van der Waals surface area contributed by atoms with Gasteiger partial charge in [-0.05, 0) is 36.6 Å². The second-order valence-electron chi connectivity index (χ2n) is 7.26. The summed E-state index contributed by atoms with van der Waals surface area (Å²) in [6.45, 7) is 6.77. The third-order valence-electron chi connectivity index (χ3n) is 5.64. The zero-order valence-electron chi connectivity index (χ0n) is 16.3. The normalized spacial score (nSPS) is 21.1. The fraction of sp³-hybridized carbons (Fsp3) is 0.550. The Morgan fingerprint density at radius 3 is 2.93 bits per heavy atom. The van der Waals surface area contributed by atoms with E-state index in [4.69, 9.17) is 16.3 Å². The summed E-state index contributed by atoms with van der Waals surface area (Å²) in [4.78, 5) is 12.8. The molecule has 2 saturated heterocycles. The van der Waals surface area contributed by atoms with Gasteiger partial charge in [0, 0.05) is 67.9 Å². The maximum Gasteiger partial charge on any atom is 0.193 e. The van der Waals surface area contributed by atoms with Crippen molar-refractivity contribution in [3.8, 4) is 0 Å². The van der Waals surface area contributed by atoms with Gasteiger partial charge in [0.1, 0.15) is 0 Å². The first-order valence-corrected chi connectivity index (χ1v) is 10.2. The molecule has 2 N–H and O–H groups in total. The minimum absolute atomic E-state index is 0. The summed E-state index contributed by atoms with van der Waals surface area (Å²) >= 11 is 6.15. The van der Waals surface area contributed by atoms with E-state index in [9.17, 15) is 0 Å². The Labute approximate surface area is 188 Å². The number of aromatic amines is 1. The van der Waals surface area contributed by atoms with Gasteiger partial charge in [0.15, 0.2) is 5.96 Å². The molecular weight excluding hydrogens is 489 g/mol. The van der Waals surface area contributed by atoms with E-state index in [0.29, 0.717) is 6.04 Å². The average Bonchev–Trinajstić information content (AvgIpc) is 3.33. The van der Waals surface area contributed by atoms with Gasteiger partial charge >= 0.3 is 0 Å². The third kappa shape index (κ3) is 4.93. The van der Waals surface area contributed by atoms with E-state index in [1.807, 2.05) is 25.2 Å². The minimum Gasteiger partial charge on any atom is -0.379 e. The van der Waals surface area contributed by atoms with Gasteiger partial charge in [-0.3, -0.25) is 9.89 Å². The van der Waals surface area contributed by atoms with E-state index in [1.54, 1.807) is 0 Å². The Bertz CT molecular complexity index is 805. The van der Waals surface area contributed by atoms with Crippen LogP contribution in [0.3, 0.4) is 0 Å². The van der Waals surface area contributed by atoms with Crippen molar-refractivity contribution in [2.75, 3.05) is 53.0 Å². The van der Waals surface area contributed by atoms with Crippen LogP contribution in [0.4, 0.5) is 0 Å². The number of benzene rings is 1. The summed E-state index contributed by atoms with van der Waals surface area (Å²) in [5.74, 6) is 1.00. The number of hydrogen-bond acceptors (Lipinski definition) is 3. The molecule has 8 heteroatoms. The van der Waals surface area contributed by atoms with Gasteiger partial charge in [-0.25, -0.2) is 0 Å². The molecule has 0 saturated carbocycles. The molecule has 2 aromatic rings. The van der Waals surface area contributed by atoms with Gasteiger partial charge in [0.2, 0.25) is 0 Å². The summed E-state index contributed by atoms with van der Waals surface area (Å²) in [7, 11) is 1.87. The van der Waals surface area contributed by atoms with Gasteiger partial charge in [0.05, 0.1) is 13.2 Å². The van der Waals surface area contributed by atoms with Crippen LogP contribution in [0.15, 0.2) is 29.4 Å². The first-order valence-electron chi connectivity index (χ1n) is 9.77. The molecule has 1 atom stereocenters. The minimum atomic E-state index is 0. The second-order valence-corrected chi connectivity index (χ2v) is 7.70. The second kappa shape index (κ2) is 10.1. The van der Waals surface area contributed by atoms with E-state index in [1.165, 1.54) is 17.4 Å². The van der Waals surface area contributed by atoms with Crippen molar-refractivity contribution in [3.63, 3.8) is 0 Å². The standard InChI is InChI=1S/C20H28ClN5O.HI/c1-22-20(26-7-5-17(14-26)25-8-10-27-11-9-25)23-6-4-15-13-24-19-3-2-16(21)12-18(15)19;/h2-3,12-13,17,24H,4-11,14H2,1H3,(H,22,23);1H. The molecule has 28 heavy (non-hydrogen) atoms. The lowest BCUT2D eigenvalue weighted by molar-refractivity contribution is 0.0195. The highest BCUT2D eigenvalue weighted by molar-refractivity contribution is 14.0. The zero-order valence-corrected chi connectivity index (χ0v) is 19.4. The third-order valence-corrected chi connectivity index (χ3v) is 5.88. The maximum absolute atomic E-state index is 6.15. The first-order chi connectivity index (χ1) is 13.2. The molecule has 0 radical (unpaired) electrons. The molecule has 1 aromatic carbocycles. The van der Waals surface area contributed by atoms with Gasteiger partial charge in [-0.2, -0.15) is 0 Å². The molecule has 154 valence electrons. The van der Waals surface area contributed by atoms with Crippen LogP contribution in [0.5, 0.6) is 0 Å². The lowest BCUT2D eigenvalue weighted by atomic mass is 10.1. The monoisotopic (exact) mass is 517 g/mol. The van der Waals surface area contributed by atoms with Crippen molar-refractivity contribution >= 4 is 52.4 Å². The molecule has 3 heterocycles. The predicted octanol–water partition coefficient (Wildman–Crippen LogP) is 2.96. The number of nitrogens with zero attached hydrogens (tertiary/aromatic N) is 3. The summed E-state index contributed by atoms with van der Waals surface area (Å²) in [6, 6.07) is 6.60. The molecule has 0 bridgehead atoms. The van der Waals surface area contributed by atoms with Crippen LogP contribution in [0, 0.1) is 0 Å². The van der Waals surface area contributed by atoms with Gasteiger partial charge < -0.3 is 19.9 Å². The number of fused-ring (bicyclic) bond motifs is 1. The molecule has 1 unspecified atom stereocenters. The number of rotatable bonds is 4. The molecule has 4 rings (SSSR count). The maximum atomic E-state index is 6.15. The number of H-pyrrole nitrogens is 1. The number of likely N-dealkylation sites (tertiary alicyclic amines) is 1. The van der Waals surface area contributed by atoms with Crippen molar-refractivity contribution in [2.45, 2.75) is 18.9 Å². The molecule has 0 aliphatic carbocycles. The summed E-state index contributed by atoms with van der Waals surface area (Å²) < 4.78 is 5.48. The number of aliphatic imine (C=N–C) groups is 1. The van der Waals surface area contributed by atoms with Crippen molar-refractivity contribution in [1.82, 2.24) is 20.1 Å². The number of morpholine rings is 1. The van der Waals surface area contributed by atoms with Crippen LogP contribution in [0.1, 0.15) is 12.0 Å². The Balaban J connectivity index is 0.00000225. The van der Waals surface area contributed by atoms with E-state index >= 15 is 0 Å². The molecule has 2 aliphatic heterocycles. The van der Waals surface area contributed by atoms with Crippen molar-refractivity contribution in [3.05, 3.63) is 35.0 Å². The number of hydrogen-bond donors (Lipinski definition) is 2. The topological polar surface area (TPSA) is 55.9 Å². The van der Waals surface area contributed by atoms with E-state index in [-0.39, 0.29) is 24.0 Å². The Hall–Kier alpha value is -1.03. The molecular formula is C20H29ClIN5O. The van der Waals surface area contributed by atoms with Crippen LogP contribution >= 0.6 is 35.6 Å². The van der Waals surface area contributed by atoms with Gasteiger partial charge in [0.25, 0.3) is 0 Å². The highest BCUT2D eigenvalue weighted by Crippen LogP contribution is 2.22. The largest absolute Gasteiger partial charge is 0.379 e. The molecule has 2 fully saturated rings. The number of nitrogens with one attached hydrogen (secondary N) is 2. The Morgan fingerprint density at radius 2 is 2.14 bits per heavy atom. The van der Waals surface area contributed by atoms with E-state index < -0.39 is 0 Å². The van der Waals surface area contributed by atoms with Crippen LogP contribution < -0.4 is 5.32 Å². The Morgan fingerprint density at radius 1 is 1.32 bits per heavy atom. The number of halogens is 2. The number of aromatic nitrogens is 1. The highest BCUT2D eigenvalue weighted by atomic mass is 127. The quantitative estimate of drug-likeness (QED) is 0.372. The number of ether oxygens (including phenoxy) is 1. The fourth-order valence-corrected chi connectivity index (χ4v) is 4.35. The molecule has 2 aliphatic rings. The van der Waals surface area contributed by atoms with Crippen LogP contribution in [-0.4, -0.2) is 79.8 Å². The van der Waals surface area contributed by atoms with Crippen LogP contribution in [-0.2, 0) is 11.2 Å². The lowest BCUT2D eigenvalue weighted by Gasteiger charge is -2.32. The molecule has 0 spiro atoms. The van der Waals surface area contributed by atoms with Gasteiger partial charge in [-0.1, -0.05) is 11.6 Å². The smallest absolute Gasteiger partial charge is 0.193 e. The van der Waals surface area contributed by atoms with Gasteiger partial charge in [-0.15, -0.1) is 24.0 Å².